The predicted octanol–water partition coefficient (Wildman–Crippen LogP) is 5.55. The number of amides is 1. The molecule has 174 valence electrons. The van der Waals surface area contributed by atoms with Crippen LogP contribution in [-0.4, -0.2) is 21.6 Å². The fraction of sp³-hybridized carbons (Fsp3) is 0.214. The summed E-state index contributed by atoms with van der Waals surface area (Å²) in [6.45, 7) is 6.46. The Morgan fingerprint density at radius 1 is 0.882 bits per heavy atom. The normalized spacial score (nSPS) is 11.9. The molecular formula is C28H28N2O3S. The van der Waals surface area contributed by atoms with Gasteiger partial charge in [0.05, 0.1) is 22.2 Å². The number of hydrogen-bond acceptors (Lipinski definition) is 4. The van der Waals surface area contributed by atoms with Crippen LogP contribution in [0.15, 0.2) is 82.1 Å². The van der Waals surface area contributed by atoms with Crippen LogP contribution in [0.5, 0.6) is 0 Å². The standard InChI is InChI=1S/C28H28N2O3S/c1-19-4-8-22(9-5-19)16-17-29-27(31)23-10-12-24(13-11-23)28-30-26(21(3)33-28)18-34(32)25-14-6-20(2)7-15-25/h4-15H,16-18H2,1-3H3,(H,29,31). The van der Waals surface area contributed by atoms with Crippen molar-refractivity contribution in [1.82, 2.24) is 10.3 Å². The minimum atomic E-state index is -1.20. The number of hydrogen-bond donors (Lipinski definition) is 1. The Balaban J connectivity index is 1.36. The van der Waals surface area contributed by atoms with E-state index in [0.29, 0.717) is 35.2 Å². The summed E-state index contributed by atoms with van der Waals surface area (Å²) in [7, 11) is -1.20. The lowest BCUT2D eigenvalue weighted by Gasteiger charge is -2.06. The monoisotopic (exact) mass is 472 g/mol. The molecule has 6 heteroatoms. The number of aromatic nitrogens is 1. The molecule has 0 spiro atoms. The van der Waals surface area contributed by atoms with E-state index in [-0.39, 0.29) is 5.91 Å². The van der Waals surface area contributed by atoms with Crippen LogP contribution in [0.25, 0.3) is 11.5 Å². The fourth-order valence-corrected chi connectivity index (χ4v) is 4.65. The first-order chi connectivity index (χ1) is 16.4. The molecule has 0 aliphatic rings. The molecule has 0 saturated heterocycles. The van der Waals surface area contributed by atoms with E-state index < -0.39 is 10.8 Å². The Morgan fingerprint density at radius 2 is 1.50 bits per heavy atom. The van der Waals surface area contributed by atoms with Crippen LogP contribution in [-0.2, 0) is 23.0 Å². The van der Waals surface area contributed by atoms with E-state index in [0.717, 1.165) is 22.4 Å². The van der Waals surface area contributed by atoms with Gasteiger partial charge in [-0.1, -0.05) is 47.5 Å². The first-order valence-electron chi connectivity index (χ1n) is 11.2. The molecule has 0 saturated carbocycles. The topological polar surface area (TPSA) is 72.2 Å². The summed E-state index contributed by atoms with van der Waals surface area (Å²) in [5.41, 5.74) is 5.57. The molecule has 34 heavy (non-hydrogen) atoms. The van der Waals surface area contributed by atoms with E-state index in [1.807, 2.05) is 50.2 Å². The summed E-state index contributed by atoms with van der Waals surface area (Å²) < 4.78 is 18.6. The van der Waals surface area contributed by atoms with Crippen molar-refractivity contribution in [3.8, 4) is 11.5 Å². The maximum absolute atomic E-state index is 12.7. The molecule has 0 aliphatic carbocycles. The van der Waals surface area contributed by atoms with Crippen LogP contribution in [0.2, 0.25) is 0 Å². The number of nitrogens with one attached hydrogen (secondary N) is 1. The number of carbonyl (C=O) groups excluding carboxylic acids is 1. The van der Waals surface area contributed by atoms with Crippen molar-refractivity contribution in [3.05, 3.63) is 107 Å². The SMILES string of the molecule is Cc1ccc(CCNC(=O)c2ccc(-c3nc(CS(=O)c4ccc(C)cc4)c(C)o3)cc2)cc1. The molecule has 4 rings (SSSR count). The van der Waals surface area contributed by atoms with Gasteiger partial charge in [0.1, 0.15) is 5.76 Å². The summed E-state index contributed by atoms with van der Waals surface area (Å²) in [5, 5.41) is 2.96. The fourth-order valence-electron chi connectivity index (χ4n) is 3.52. The van der Waals surface area contributed by atoms with Crippen molar-refractivity contribution in [2.24, 2.45) is 0 Å². The Bertz CT molecular complexity index is 1290. The van der Waals surface area contributed by atoms with Crippen molar-refractivity contribution in [2.75, 3.05) is 6.54 Å². The molecule has 1 N–H and O–H groups in total. The van der Waals surface area contributed by atoms with Crippen molar-refractivity contribution >= 4 is 16.7 Å². The Kier molecular flexibility index (Phi) is 7.38. The summed E-state index contributed by atoms with van der Waals surface area (Å²) in [4.78, 5) is 17.8. The lowest BCUT2D eigenvalue weighted by molar-refractivity contribution is 0.0954. The molecule has 1 heterocycles. The van der Waals surface area contributed by atoms with Crippen molar-refractivity contribution in [2.45, 2.75) is 37.8 Å². The maximum Gasteiger partial charge on any atom is 0.251 e. The number of benzene rings is 3. The molecule has 1 amide bonds. The van der Waals surface area contributed by atoms with Crippen molar-refractivity contribution < 1.29 is 13.4 Å². The molecule has 0 bridgehead atoms. The largest absolute Gasteiger partial charge is 0.441 e. The summed E-state index contributed by atoms with van der Waals surface area (Å²) in [6, 6.07) is 23.2. The van der Waals surface area contributed by atoms with E-state index in [1.165, 1.54) is 11.1 Å². The van der Waals surface area contributed by atoms with Gasteiger partial charge in [0, 0.05) is 22.6 Å². The number of carbonyl (C=O) groups is 1. The summed E-state index contributed by atoms with van der Waals surface area (Å²) >= 11 is 0. The molecule has 4 aromatic rings. The van der Waals surface area contributed by atoms with Crippen molar-refractivity contribution in [3.63, 3.8) is 0 Å². The van der Waals surface area contributed by atoms with E-state index in [9.17, 15) is 9.00 Å². The van der Waals surface area contributed by atoms with Gasteiger partial charge in [-0.15, -0.1) is 0 Å². The molecule has 1 aromatic heterocycles. The quantitative estimate of drug-likeness (QED) is 0.365. The zero-order valence-electron chi connectivity index (χ0n) is 19.6. The molecule has 0 radical (unpaired) electrons. The van der Waals surface area contributed by atoms with Gasteiger partial charge in [0.25, 0.3) is 5.91 Å². The third-order valence-electron chi connectivity index (χ3n) is 5.66. The Labute approximate surface area is 202 Å². The molecular weight excluding hydrogens is 444 g/mol. The van der Waals surface area contributed by atoms with E-state index >= 15 is 0 Å². The summed E-state index contributed by atoms with van der Waals surface area (Å²) in [5.74, 6) is 1.28. The molecule has 5 nitrogen and oxygen atoms in total. The second-order valence-corrected chi connectivity index (χ2v) is 9.84. The van der Waals surface area contributed by atoms with E-state index in [1.54, 1.807) is 12.1 Å². The van der Waals surface area contributed by atoms with Crippen LogP contribution in [0.3, 0.4) is 0 Å². The van der Waals surface area contributed by atoms with Gasteiger partial charge in [-0.3, -0.25) is 9.00 Å². The van der Waals surface area contributed by atoms with Gasteiger partial charge < -0.3 is 9.73 Å². The highest BCUT2D eigenvalue weighted by Crippen LogP contribution is 2.24. The van der Waals surface area contributed by atoms with Crippen molar-refractivity contribution in [1.29, 1.82) is 0 Å². The smallest absolute Gasteiger partial charge is 0.251 e. The third-order valence-corrected chi connectivity index (χ3v) is 6.99. The van der Waals surface area contributed by atoms with Gasteiger partial charge in [-0.25, -0.2) is 4.98 Å². The Morgan fingerprint density at radius 3 is 2.15 bits per heavy atom. The highest BCUT2D eigenvalue weighted by atomic mass is 32.2. The van der Waals surface area contributed by atoms with Gasteiger partial charge in [0.2, 0.25) is 5.89 Å². The molecule has 1 atom stereocenters. The third kappa shape index (κ3) is 5.88. The summed E-state index contributed by atoms with van der Waals surface area (Å²) in [6.07, 6.45) is 0.784. The van der Waals surface area contributed by atoms with Gasteiger partial charge in [-0.2, -0.15) is 0 Å². The zero-order chi connectivity index (χ0) is 24.1. The zero-order valence-corrected chi connectivity index (χ0v) is 20.4. The predicted molar refractivity (Wildman–Crippen MR) is 135 cm³/mol. The number of aryl methyl sites for hydroxylation is 3. The van der Waals surface area contributed by atoms with Gasteiger partial charge >= 0.3 is 0 Å². The lowest BCUT2D eigenvalue weighted by Crippen LogP contribution is -2.25. The molecule has 0 aliphatic heterocycles. The first kappa shape index (κ1) is 23.6. The van der Waals surface area contributed by atoms with E-state index in [4.69, 9.17) is 4.42 Å². The van der Waals surface area contributed by atoms with Crippen LogP contribution >= 0.6 is 0 Å². The van der Waals surface area contributed by atoms with Gasteiger partial charge in [0.15, 0.2) is 0 Å². The first-order valence-corrected chi connectivity index (χ1v) is 12.6. The number of rotatable bonds is 8. The highest BCUT2D eigenvalue weighted by Gasteiger charge is 2.16. The minimum absolute atomic E-state index is 0.114. The number of nitrogens with zero attached hydrogens (tertiary/aromatic N) is 1. The molecule has 1 unspecified atom stereocenters. The lowest BCUT2D eigenvalue weighted by atomic mass is 10.1. The van der Waals surface area contributed by atoms with Crippen LogP contribution in [0, 0.1) is 20.8 Å². The average molecular weight is 473 g/mol. The maximum atomic E-state index is 12.7. The van der Waals surface area contributed by atoms with Crippen LogP contribution in [0.4, 0.5) is 0 Å². The second-order valence-electron chi connectivity index (χ2n) is 8.39. The minimum Gasteiger partial charge on any atom is -0.441 e. The van der Waals surface area contributed by atoms with Gasteiger partial charge in [-0.05, 0) is 69.2 Å². The average Bonchev–Trinajstić information content (AvgIpc) is 3.20. The molecule has 0 fully saturated rings. The van der Waals surface area contributed by atoms with Crippen LogP contribution in [0.1, 0.15) is 38.5 Å². The second kappa shape index (κ2) is 10.6. The Hall–Kier alpha value is -3.51. The van der Waals surface area contributed by atoms with E-state index in [2.05, 4.69) is 41.5 Å². The highest BCUT2D eigenvalue weighted by molar-refractivity contribution is 7.84. The van der Waals surface area contributed by atoms with Crippen LogP contribution < -0.4 is 5.32 Å². The molecule has 3 aromatic carbocycles. The number of oxazole rings is 1.